The number of rotatable bonds is 3. The van der Waals surface area contributed by atoms with Gasteiger partial charge in [0.05, 0.1) is 6.04 Å². The Bertz CT molecular complexity index is 915. The zero-order valence-electron chi connectivity index (χ0n) is 16.6. The van der Waals surface area contributed by atoms with Gasteiger partial charge in [-0.1, -0.05) is 74.5 Å². The molecule has 0 aromatic heterocycles. The quantitative estimate of drug-likeness (QED) is 0.720. The van der Waals surface area contributed by atoms with E-state index in [9.17, 15) is 4.79 Å². The molecular weight excluding hydrogens is 346 g/mol. The fraction of sp³-hybridized carbons (Fsp3) is 0.400. The lowest BCUT2D eigenvalue weighted by molar-refractivity contribution is -0.0381. The lowest BCUT2D eigenvalue weighted by Gasteiger charge is -2.59. The van der Waals surface area contributed by atoms with E-state index in [-0.39, 0.29) is 18.1 Å². The van der Waals surface area contributed by atoms with E-state index in [4.69, 9.17) is 4.74 Å². The van der Waals surface area contributed by atoms with Gasteiger partial charge < -0.3 is 10.1 Å². The lowest BCUT2D eigenvalue weighted by atomic mass is 9.46. The number of carbonyl (C=O) groups is 1. The molecule has 0 aliphatic heterocycles. The van der Waals surface area contributed by atoms with Crippen molar-refractivity contribution in [1.82, 2.24) is 5.32 Å². The van der Waals surface area contributed by atoms with E-state index < -0.39 is 0 Å². The number of hydrogen-bond acceptors (Lipinski definition) is 2. The minimum Gasteiger partial charge on any atom is -0.449 e. The Balaban J connectivity index is 1.26. The summed E-state index contributed by atoms with van der Waals surface area (Å²) in [5.41, 5.74) is 6.46. The average Bonchev–Trinajstić information content (AvgIpc) is 3.01. The molecule has 3 heteroatoms. The van der Waals surface area contributed by atoms with Crippen LogP contribution in [0.15, 0.2) is 60.7 Å². The van der Waals surface area contributed by atoms with Crippen LogP contribution in [0.2, 0.25) is 0 Å². The first-order valence-corrected chi connectivity index (χ1v) is 10.3. The van der Waals surface area contributed by atoms with Crippen molar-refractivity contribution in [3.8, 4) is 11.1 Å². The van der Waals surface area contributed by atoms with E-state index in [1.54, 1.807) is 0 Å². The molecule has 2 aromatic carbocycles. The van der Waals surface area contributed by atoms with Gasteiger partial charge in [0.1, 0.15) is 6.61 Å². The predicted octanol–water partition coefficient (Wildman–Crippen LogP) is 5.52. The smallest absolute Gasteiger partial charge is 0.407 e. The van der Waals surface area contributed by atoms with Gasteiger partial charge in [-0.25, -0.2) is 4.79 Å². The fourth-order valence-corrected chi connectivity index (χ4v) is 5.66. The largest absolute Gasteiger partial charge is 0.449 e. The molecule has 2 bridgehead atoms. The fourth-order valence-electron chi connectivity index (χ4n) is 5.66. The van der Waals surface area contributed by atoms with Crippen molar-refractivity contribution in [3.05, 3.63) is 71.8 Å². The van der Waals surface area contributed by atoms with Gasteiger partial charge in [-0.05, 0) is 52.3 Å². The van der Waals surface area contributed by atoms with Gasteiger partial charge in [-0.2, -0.15) is 0 Å². The normalized spacial score (nSPS) is 26.8. The molecule has 6 rings (SSSR count). The average molecular weight is 373 g/mol. The molecule has 3 saturated carbocycles. The van der Waals surface area contributed by atoms with Crippen LogP contribution in [0.3, 0.4) is 0 Å². The van der Waals surface area contributed by atoms with Gasteiger partial charge in [0.2, 0.25) is 0 Å². The first-order chi connectivity index (χ1) is 13.5. The molecule has 2 aromatic rings. The van der Waals surface area contributed by atoms with Crippen LogP contribution in [0.5, 0.6) is 0 Å². The maximum Gasteiger partial charge on any atom is 0.407 e. The van der Waals surface area contributed by atoms with Crippen molar-refractivity contribution in [2.75, 3.05) is 6.61 Å². The first-order valence-electron chi connectivity index (χ1n) is 10.3. The molecule has 3 fully saturated rings. The van der Waals surface area contributed by atoms with Crippen molar-refractivity contribution in [2.24, 2.45) is 17.3 Å². The van der Waals surface area contributed by atoms with Crippen LogP contribution >= 0.6 is 0 Å². The molecule has 0 heterocycles. The Morgan fingerprint density at radius 1 is 1.07 bits per heavy atom. The third-order valence-electron chi connectivity index (χ3n) is 7.52. The third-order valence-corrected chi connectivity index (χ3v) is 7.52. The molecule has 0 spiro atoms. The van der Waals surface area contributed by atoms with Crippen LogP contribution in [0, 0.1) is 17.3 Å². The number of fused-ring (bicyclic) bond motifs is 5. The summed E-state index contributed by atoms with van der Waals surface area (Å²) in [5.74, 6) is 1.28. The number of nitrogens with one attached hydrogen (secondary N) is 1. The van der Waals surface area contributed by atoms with Crippen LogP contribution in [0.4, 0.5) is 4.79 Å². The summed E-state index contributed by atoms with van der Waals surface area (Å²) in [5, 5.41) is 3.08. The molecule has 144 valence electrons. The van der Waals surface area contributed by atoms with Crippen molar-refractivity contribution in [3.63, 3.8) is 0 Å². The highest BCUT2D eigenvalue weighted by Crippen LogP contribution is 2.60. The summed E-state index contributed by atoms with van der Waals surface area (Å²) in [7, 11) is 0. The van der Waals surface area contributed by atoms with Gasteiger partial charge >= 0.3 is 6.09 Å². The Labute approximate surface area is 166 Å². The van der Waals surface area contributed by atoms with Crippen LogP contribution in [0.25, 0.3) is 11.1 Å². The zero-order valence-corrected chi connectivity index (χ0v) is 16.6. The monoisotopic (exact) mass is 373 g/mol. The highest BCUT2D eigenvalue weighted by atomic mass is 16.5. The SMILES string of the molecule is C=C1C(NC(=O)OCC2c3ccccc3-c3ccccc32)C[C@H]2C[C@@H]1C2(C)C. The van der Waals surface area contributed by atoms with Gasteiger partial charge in [-0.3, -0.25) is 0 Å². The van der Waals surface area contributed by atoms with E-state index in [1.165, 1.54) is 34.2 Å². The van der Waals surface area contributed by atoms with Crippen LogP contribution in [0.1, 0.15) is 43.7 Å². The van der Waals surface area contributed by atoms with E-state index in [0.29, 0.717) is 23.9 Å². The first kappa shape index (κ1) is 17.5. The maximum absolute atomic E-state index is 12.5. The van der Waals surface area contributed by atoms with Gasteiger partial charge in [0.15, 0.2) is 0 Å². The number of benzene rings is 2. The molecule has 1 unspecified atom stereocenters. The summed E-state index contributed by atoms with van der Waals surface area (Å²) >= 11 is 0. The lowest BCUT2D eigenvalue weighted by Crippen LogP contribution is -2.57. The molecule has 3 atom stereocenters. The molecular formula is C25H27NO2. The standard InChI is InChI=1S/C25H27NO2/c1-15-22-12-16(25(22,2)3)13-23(15)26-24(27)28-14-21-19-10-6-4-8-17(19)18-9-5-7-11-20(18)21/h4-11,16,21-23H,1,12-14H2,2-3H3,(H,26,27)/t16-,22+,23?/m1/s1. The minimum absolute atomic E-state index is 0.0485. The van der Waals surface area contributed by atoms with Crippen LogP contribution in [-0.4, -0.2) is 18.7 Å². The summed E-state index contributed by atoms with van der Waals surface area (Å²) in [6, 6.07) is 16.9. The van der Waals surface area contributed by atoms with Gasteiger partial charge in [-0.15, -0.1) is 0 Å². The molecule has 3 nitrogen and oxygen atoms in total. The second-order valence-corrected chi connectivity index (χ2v) is 9.14. The molecule has 1 N–H and O–H groups in total. The number of hydrogen-bond donors (Lipinski definition) is 1. The number of ether oxygens (including phenoxy) is 1. The van der Waals surface area contributed by atoms with Crippen molar-refractivity contribution < 1.29 is 9.53 Å². The highest BCUT2D eigenvalue weighted by Gasteiger charge is 2.55. The topological polar surface area (TPSA) is 38.3 Å². The van der Waals surface area contributed by atoms with Crippen molar-refractivity contribution >= 4 is 6.09 Å². The van der Waals surface area contributed by atoms with Crippen LogP contribution < -0.4 is 5.32 Å². The summed E-state index contributed by atoms with van der Waals surface area (Å²) in [6.07, 6.45) is 1.87. The van der Waals surface area contributed by atoms with E-state index in [1.807, 2.05) is 0 Å². The number of amides is 1. The van der Waals surface area contributed by atoms with Gasteiger partial charge in [0, 0.05) is 5.92 Å². The molecule has 4 aliphatic rings. The Morgan fingerprint density at radius 3 is 2.25 bits per heavy atom. The minimum atomic E-state index is -0.327. The Morgan fingerprint density at radius 2 is 1.68 bits per heavy atom. The third kappa shape index (κ3) is 2.52. The Kier molecular flexibility index (Phi) is 3.90. The summed E-state index contributed by atoms with van der Waals surface area (Å²) in [6.45, 7) is 9.29. The highest BCUT2D eigenvalue weighted by molar-refractivity contribution is 5.79. The van der Waals surface area contributed by atoms with Gasteiger partial charge in [0.25, 0.3) is 0 Å². The number of carbonyl (C=O) groups excluding carboxylic acids is 1. The number of alkyl carbamates (subject to hydrolysis) is 1. The Hall–Kier alpha value is -2.55. The molecule has 0 saturated heterocycles. The second kappa shape index (κ2) is 6.23. The van der Waals surface area contributed by atoms with E-state index in [0.717, 1.165) is 6.42 Å². The van der Waals surface area contributed by atoms with Crippen molar-refractivity contribution in [2.45, 2.75) is 38.6 Å². The molecule has 0 radical (unpaired) electrons. The summed E-state index contributed by atoms with van der Waals surface area (Å²) in [4.78, 5) is 12.5. The maximum atomic E-state index is 12.5. The van der Waals surface area contributed by atoms with E-state index in [2.05, 4.69) is 74.3 Å². The molecule has 28 heavy (non-hydrogen) atoms. The molecule has 1 amide bonds. The molecule has 4 aliphatic carbocycles. The van der Waals surface area contributed by atoms with E-state index >= 15 is 0 Å². The summed E-state index contributed by atoms with van der Waals surface area (Å²) < 4.78 is 5.70. The van der Waals surface area contributed by atoms with Crippen molar-refractivity contribution in [1.29, 1.82) is 0 Å². The second-order valence-electron chi connectivity index (χ2n) is 9.14. The predicted molar refractivity (Wildman–Crippen MR) is 111 cm³/mol. The van der Waals surface area contributed by atoms with Crippen LogP contribution in [-0.2, 0) is 4.74 Å². The zero-order chi connectivity index (χ0) is 19.5.